The van der Waals surface area contributed by atoms with Gasteiger partial charge in [-0.05, 0) is 45.5 Å². The molecule has 0 atom stereocenters. The largest absolute Gasteiger partial charge is 0.292 e. The Labute approximate surface area is 180 Å². The van der Waals surface area contributed by atoms with Crippen molar-refractivity contribution in [1.82, 2.24) is 9.38 Å². The van der Waals surface area contributed by atoms with E-state index in [0.717, 1.165) is 38.7 Å². The molecule has 0 unspecified atom stereocenters. The van der Waals surface area contributed by atoms with Gasteiger partial charge in [-0.2, -0.15) is 0 Å². The summed E-state index contributed by atoms with van der Waals surface area (Å²) in [4.78, 5) is 5.07. The van der Waals surface area contributed by atoms with Crippen molar-refractivity contribution < 1.29 is 0 Å². The van der Waals surface area contributed by atoms with Crippen LogP contribution in [-0.4, -0.2) is 9.38 Å². The summed E-state index contributed by atoms with van der Waals surface area (Å²) in [6.07, 6.45) is 3.81. The summed E-state index contributed by atoms with van der Waals surface area (Å²) < 4.78 is 2.20. The number of imidazole rings is 1. The Hall–Kier alpha value is -4.17. The summed E-state index contributed by atoms with van der Waals surface area (Å²) >= 11 is 0. The van der Waals surface area contributed by atoms with Gasteiger partial charge in [-0.15, -0.1) is 0 Å². The zero-order valence-electron chi connectivity index (χ0n) is 17.0. The van der Waals surface area contributed by atoms with Crippen molar-refractivity contribution in [1.29, 1.82) is 0 Å². The maximum atomic E-state index is 5.07. The molecular formula is C29H20N2. The van der Waals surface area contributed by atoms with Gasteiger partial charge in [0.1, 0.15) is 5.65 Å². The third-order valence-corrected chi connectivity index (χ3v) is 6.13. The Morgan fingerprint density at radius 2 is 1.45 bits per heavy atom. The maximum Gasteiger partial charge on any atom is 0.146 e. The molecule has 0 saturated heterocycles. The van der Waals surface area contributed by atoms with Crippen molar-refractivity contribution in [2.24, 2.45) is 0 Å². The highest BCUT2D eigenvalue weighted by atomic mass is 15.0. The number of nitrogens with zero attached hydrogens (tertiary/aromatic N) is 2. The van der Waals surface area contributed by atoms with Crippen molar-refractivity contribution in [2.45, 2.75) is 0 Å². The normalized spacial score (nSPS) is 11.5. The van der Waals surface area contributed by atoms with Crippen LogP contribution in [0.5, 0.6) is 0 Å². The first-order valence-electron chi connectivity index (χ1n) is 10.4. The van der Waals surface area contributed by atoms with Crippen molar-refractivity contribution in [3.05, 3.63) is 109 Å². The average Bonchev–Trinajstić information content (AvgIpc) is 3.21. The highest BCUT2D eigenvalue weighted by Gasteiger charge is 2.16. The average molecular weight is 396 g/mol. The lowest BCUT2D eigenvalue weighted by atomic mass is 9.98. The number of aromatic nitrogens is 2. The van der Waals surface area contributed by atoms with E-state index < -0.39 is 0 Å². The van der Waals surface area contributed by atoms with Gasteiger partial charge in [0, 0.05) is 10.9 Å². The summed E-state index contributed by atoms with van der Waals surface area (Å²) in [5, 5.41) is 4.75. The molecule has 0 saturated carbocycles. The molecule has 0 aliphatic carbocycles. The summed E-state index contributed by atoms with van der Waals surface area (Å²) in [6, 6.07) is 29.9. The molecule has 2 aromatic heterocycles. The Balaban J connectivity index is 1.72. The topological polar surface area (TPSA) is 17.3 Å². The zero-order valence-corrected chi connectivity index (χ0v) is 17.0. The zero-order chi connectivity index (χ0) is 20.9. The number of fused-ring (bicyclic) bond motifs is 6. The van der Waals surface area contributed by atoms with Crippen LogP contribution in [-0.2, 0) is 0 Å². The molecule has 0 N–H and O–H groups in total. The SMILES string of the molecule is C=Cc1c(C=C)n2c3ccc(-c4cccc5ccccc45)cc3nc2c2ccccc12. The van der Waals surface area contributed by atoms with Gasteiger partial charge in [0.25, 0.3) is 0 Å². The highest BCUT2D eigenvalue weighted by molar-refractivity contribution is 6.05. The van der Waals surface area contributed by atoms with Crippen LogP contribution in [0.2, 0.25) is 0 Å². The molecule has 0 bridgehead atoms. The van der Waals surface area contributed by atoms with Crippen LogP contribution in [0.4, 0.5) is 0 Å². The molecule has 0 aliphatic heterocycles. The Bertz CT molecular complexity index is 1660. The Morgan fingerprint density at radius 3 is 2.26 bits per heavy atom. The number of pyridine rings is 1. The lowest BCUT2D eigenvalue weighted by Gasteiger charge is -2.11. The molecular weight excluding hydrogens is 376 g/mol. The maximum absolute atomic E-state index is 5.07. The molecule has 2 heterocycles. The van der Waals surface area contributed by atoms with Crippen molar-refractivity contribution in [3.63, 3.8) is 0 Å². The Morgan fingerprint density at radius 1 is 0.710 bits per heavy atom. The lowest BCUT2D eigenvalue weighted by Crippen LogP contribution is -1.97. The fraction of sp³-hybridized carbons (Fsp3) is 0. The number of rotatable bonds is 3. The first-order chi connectivity index (χ1) is 15.3. The number of benzene rings is 4. The van der Waals surface area contributed by atoms with Crippen LogP contribution < -0.4 is 0 Å². The van der Waals surface area contributed by atoms with Gasteiger partial charge < -0.3 is 0 Å². The van der Waals surface area contributed by atoms with Gasteiger partial charge in [-0.3, -0.25) is 4.40 Å². The van der Waals surface area contributed by atoms with Crippen LogP contribution >= 0.6 is 0 Å². The van der Waals surface area contributed by atoms with E-state index in [2.05, 4.69) is 102 Å². The predicted molar refractivity (Wildman–Crippen MR) is 133 cm³/mol. The fourth-order valence-corrected chi connectivity index (χ4v) is 4.74. The second-order valence-corrected chi connectivity index (χ2v) is 7.75. The van der Waals surface area contributed by atoms with E-state index in [1.165, 1.54) is 21.9 Å². The molecule has 0 fully saturated rings. The molecule has 146 valence electrons. The van der Waals surface area contributed by atoms with Crippen LogP contribution in [0.15, 0.2) is 98.1 Å². The second-order valence-electron chi connectivity index (χ2n) is 7.75. The smallest absolute Gasteiger partial charge is 0.146 e. The van der Waals surface area contributed by atoms with Gasteiger partial charge in [0.15, 0.2) is 0 Å². The van der Waals surface area contributed by atoms with Crippen molar-refractivity contribution in [3.8, 4) is 11.1 Å². The standard InChI is InChI=1S/C29H20N2/c1-3-21-24-13-7-8-14-25(24)29-30-26-18-20(16-17-28(26)31(29)27(21)4-2)23-15-9-11-19-10-5-6-12-22(19)23/h3-18H,1-2H2. The molecule has 6 rings (SSSR count). The van der Waals surface area contributed by atoms with Gasteiger partial charge in [-0.25, -0.2) is 4.98 Å². The minimum Gasteiger partial charge on any atom is -0.292 e. The van der Waals surface area contributed by atoms with Gasteiger partial charge in [-0.1, -0.05) is 92.0 Å². The quantitative estimate of drug-likeness (QED) is 0.299. The molecule has 0 radical (unpaired) electrons. The number of hydrogen-bond acceptors (Lipinski definition) is 1. The highest BCUT2D eigenvalue weighted by Crippen LogP contribution is 2.34. The summed E-state index contributed by atoms with van der Waals surface area (Å²) in [7, 11) is 0. The summed E-state index contributed by atoms with van der Waals surface area (Å²) in [6.45, 7) is 8.15. The lowest BCUT2D eigenvalue weighted by molar-refractivity contribution is 1.21. The van der Waals surface area contributed by atoms with E-state index in [1.54, 1.807) is 0 Å². The van der Waals surface area contributed by atoms with E-state index in [9.17, 15) is 0 Å². The van der Waals surface area contributed by atoms with Crippen molar-refractivity contribution in [2.75, 3.05) is 0 Å². The van der Waals surface area contributed by atoms with Crippen molar-refractivity contribution >= 4 is 50.4 Å². The predicted octanol–water partition coefficient (Wildman–Crippen LogP) is 7.75. The number of hydrogen-bond donors (Lipinski definition) is 0. The van der Waals surface area contributed by atoms with E-state index in [0.29, 0.717) is 0 Å². The van der Waals surface area contributed by atoms with E-state index in [1.807, 2.05) is 12.2 Å². The summed E-state index contributed by atoms with van der Waals surface area (Å²) in [5.41, 5.74) is 7.47. The molecule has 31 heavy (non-hydrogen) atoms. The van der Waals surface area contributed by atoms with E-state index in [4.69, 9.17) is 4.98 Å². The van der Waals surface area contributed by atoms with E-state index in [-0.39, 0.29) is 0 Å². The fourth-order valence-electron chi connectivity index (χ4n) is 4.74. The molecule has 0 amide bonds. The van der Waals surface area contributed by atoms with Crippen LogP contribution in [0.1, 0.15) is 11.3 Å². The molecule has 4 aromatic carbocycles. The Kier molecular flexibility index (Phi) is 3.81. The molecule has 2 nitrogen and oxygen atoms in total. The summed E-state index contributed by atoms with van der Waals surface area (Å²) in [5.74, 6) is 0. The van der Waals surface area contributed by atoms with Gasteiger partial charge in [0.05, 0.1) is 16.7 Å². The molecule has 0 spiro atoms. The monoisotopic (exact) mass is 396 g/mol. The molecule has 2 heteroatoms. The van der Waals surface area contributed by atoms with E-state index >= 15 is 0 Å². The third-order valence-electron chi connectivity index (χ3n) is 6.13. The van der Waals surface area contributed by atoms with Gasteiger partial charge in [0.2, 0.25) is 0 Å². The first kappa shape index (κ1) is 17.7. The van der Waals surface area contributed by atoms with Crippen LogP contribution in [0, 0.1) is 0 Å². The third kappa shape index (κ3) is 2.48. The van der Waals surface area contributed by atoms with Crippen LogP contribution in [0.3, 0.4) is 0 Å². The second kappa shape index (κ2) is 6.68. The van der Waals surface area contributed by atoms with Gasteiger partial charge >= 0.3 is 0 Å². The molecule has 6 aromatic rings. The first-order valence-corrected chi connectivity index (χ1v) is 10.4. The molecule has 0 aliphatic rings. The minimum absolute atomic E-state index is 0.946. The minimum atomic E-state index is 0.946. The van der Waals surface area contributed by atoms with Crippen LogP contribution in [0.25, 0.3) is 61.5 Å².